The molecule has 0 radical (unpaired) electrons. The van der Waals surface area contributed by atoms with Crippen LogP contribution >= 0.6 is 15.9 Å². The first-order valence-electron chi connectivity index (χ1n) is 5.59. The van der Waals surface area contributed by atoms with Gasteiger partial charge in [0.1, 0.15) is 0 Å². The third kappa shape index (κ3) is 3.33. The third-order valence-electron chi connectivity index (χ3n) is 2.45. The van der Waals surface area contributed by atoms with Crippen LogP contribution in [0.3, 0.4) is 0 Å². The van der Waals surface area contributed by atoms with Crippen LogP contribution in [0.15, 0.2) is 52.0 Å². The second kappa shape index (κ2) is 6.16. The third-order valence-corrected chi connectivity index (χ3v) is 2.91. The lowest BCUT2D eigenvalue weighted by Crippen LogP contribution is -1.94. The molecule has 0 saturated heterocycles. The number of phenols is 1. The standard InChI is InChI=1S/C13H10BrN3O3/c14-10-6-9(13(18)12(7-10)17(19)20)8-15-16-11-4-2-1-3-5-11/h1-8,16,18H. The monoisotopic (exact) mass is 335 g/mol. The Morgan fingerprint density at radius 2 is 2.00 bits per heavy atom. The molecule has 0 aliphatic carbocycles. The maximum atomic E-state index is 10.8. The van der Waals surface area contributed by atoms with Crippen LogP contribution in [0.25, 0.3) is 0 Å². The summed E-state index contributed by atoms with van der Waals surface area (Å²) in [7, 11) is 0. The van der Waals surface area contributed by atoms with E-state index in [1.54, 1.807) is 6.07 Å². The highest BCUT2D eigenvalue weighted by atomic mass is 79.9. The smallest absolute Gasteiger partial charge is 0.312 e. The number of hydrazone groups is 1. The van der Waals surface area contributed by atoms with Crippen molar-refractivity contribution in [3.8, 4) is 5.75 Å². The van der Waals surface area contributed by atoms with Gasteiger partial charge in [0, 0.05) is 16.1 Å². The topological polar surface area (TPSA) is 87.8 Å². The minimum Gasteiger partial charge on any atom is -0.502 e. The molecule has 0 aromatic heterocycles. The van der Waals surface area contributed by atoms with Gasteiger partial charge in [-0.3, -0.25) is 15.5 Å². The summed E-state index contributed by atoms with van der Waals surface area (Å²) < 4.78 is 0.489. The average molecular weight is 336 g/mol. The SMILES string of the molecule is O=[N+]([O-])c1cc(Br)cc(C=NNc2ccccc2)c1O. The molecule has 0 fully saturated rings. The number of nitrogens with zero attached hydrogens (tertiary/aromatic N) is 2. The van der Waals surface area contributed by atoms with Gasteiger partial charge < -0.3 is 5.11 Å². The van der Waals surface area contributed by atoms with Gasteiger partial charge in [-0.1, -0.05) is 34.1 Å². The van der Waals surface area contributed by atoms with Crippen LogP contribution in [0, 0.1) is 10.1 Å². The Morgan fingerprint density at radius 1 is 1.30 bits per heavy atom. The predicted molar refractivity (Wildman–Crippen MR) is 80.1 cm³/mol. The molecule has 2 aromatic rings. The molecule has 2 aromatic carbocycles. The van der Waals surface area contributed by atoms with Crippen LogP contribution in [0.5, 0.6) is 5.75 Å². The minimum absolute atomic E-state index is 0.245. The van der Waals surface area contributed by atoms with Gasteiger partial charge in [0.15, 0.2) is 0 Å². The maximum Gasteiger partial charge on any atom is 0.312 e. The number of anilines is 1. The molecular weight excluding hydrogens is 326 g/mol. The number of halogens is 1. The zero-order valence-corrected chi connectivity index (χ0v) is 11.7. The molecule has 2 N–H and O–H groups in total. The predicted octanol–water partition coefficient (Wildman–Crippen LogP) is 3.51. The van der Waals surface area contributed by atoms with E-state index in [-0.39, 0.29) is 11.3 Å². The molecule has 0 amide bonds. The Hall–Kier alpha value is -2.41. The molecule has 6 nitrogen and oxygen atoms in total. The fourth-order valence-electron chi connectivity index (χ4n) is 1.53. The minimum atomic E-state index is -0.651. The van der Waals surface area contributed by atoms with Crippen LogP contribution in [0.2, 0.25) is 0 Å². The Morgan fingerprint density at radius 3 is 2.65 bits per heavy atom. The largest absolute Gasteiger partial charge is 0.502 e. The zero-order chi connectivity index (χ0) is 14.5. The second-order valence-electron chi connectivity index (χ2n) is 3.86. The molecule has 0 spiro atoms. The van der Waals surface area contributed by atoms with E-state index < -0.39 is 10.7 Å². The van der Waals surface area contributed by atoms with Gasteiger partial charge in [0.05, 0.1) is 16.8 Å². The van der Waals surface area contributed by atoms with Crippen molar-refractivity contribution < 1.29 is 10.0 Å². The quantitative estimate of drug-likeness (QED) is 0.508. The van der Waals surface area contributed by atoms with Crippen molar-refractivity contribution in [2.45, 2.75) is 0 Å². The number of hydrogen-bond acceptors (Lipinski definition) is 5. The fourth-order valence-corrected chi connectivity index (χ4v) is 2.00. The lowest BCUT2D eigenvalue weighted by Gasteiger charge is -2.02. The van der Waals surface area contributed by atoms with Crippen molar-refractivity contribution in [3.05, 3.63) is 62.6 Å². The summed E-state index contributed by atoms with van der Waals surface area (Å²) in [6.07, 6.45) is 1.32. The first-order chi connectivity index (χ1) is 9.58. The van der Waals surface area contributed by atoms with Crippen molar-refractivity contribution in [1.29, 1.82) is 0 Å². The van der Waals surface area contributed by atoms with Gasteiger partial charge in [-0.15, -0.1) is 0 Å². The molecule has 0 bridgehead atoms. The van der Waals surface area contributed by atoms with Crippen LogP contribution in [0.1, 0.15) is 5.56 Å². The highest BCUT2D eigenvalue weighted by Gasteiger charge is 2.17. The van der Waals surface area contributed by atoms with Gasteiger partial charge in [-0.25, -0.2) is 0 Å². The molecular formula is C13H10BrN3O3. The van der Waals surface area contributed by atoms with Gasteiger partial charge in [-0.2, -0.15) is 5.10 Å². The summed E-state index contributed by atoms with van der Waals surface area (Å²) in [4.78, 5) is 10.1. The summed E-state index contributed by atoms with van der Waals surface area (Å²) >= 11 is 3.15. The van der Waals surface area contributed by atoms with E-state index in [1.165, 1.54) is 12.3 Å². The Balaban J connectivity index is 2.23. The highest BCUT2D eigenvalue weighted by Crippen LogP contribution is 2.32. The van der Waals surface area contributed by atoms with E-state index in [1.807, 2.05) is 30.3 Å². The number of rotatable bonds is 4. The van der Waals surface area contributed by atoms with E-state index in [4.69, 9.17) is 0 Å². The summed E-state index contributed by atoms with van der Waals surface area (Å²) in [5, 5.41) is 24.5. The van der Waals surface area contributed by atoms with E-state index >= 15 is 0 Å². The van der Waals surface area contributed by atoms with E-state index in [0.717, 1.165) is 5.69 Å². The fraction of sp³-hybridized carbons (Fsp3) is 0. The molecule has 0 heterocycles. The number of nitrogens with one attached hydrogen (secondary N) is 1. The van der Waals surface area contributed by atoms with Crippen LogP contribution in [-0.2, 0) is 0 Å². The molecule has 0 aliphatic heterocycles. The van der Waals surface area contributed by atoms with Crippen LogP contribution in [0.4, 0.5) is 11.4 Å². The molecule has 0 atom stereocenters. The molecule has 0 aliphatic rings. The molecule has 20 heavy (non-hydrogen) atoms. The summed E-state index contributed by atoms with van der Waals surface area (Å²) in [5.74, 6) is -0.420. The number of phenolic OH excluding ortho intramolecular Hbond substituents is 1. The number of hydrogen-bond donors (Lipinski definition) is 2. The van der Waals surface area contributed by atoms with Crippen LogP contribution in [-0.4, -0.2) is 16.2 Å². The van der Waals surface area contributed by atoms with Crippen molar-refractivity contribution >= 4 is 33.5 Å². The number of nitro benzene ring substituents is 1. The molecule has 2 rings (SSSR count). The number of nitro groups is 1. The Labute approximate surface area is 123 Å². The van der Waals surface area contributed by atoms with E-state index in [0.29, 0.717) is 4.47 Å². The molecule has 7 heteroatoms. The molecule has 0 saturated carbocycles. The maximum absolute atomic E-state index is 10.8. The van der Waals surface area contributed by atoms with Crippen molar-refractivity contribution in [2.75, 3.05) is 5.43 Å². The zero-order valence-electron chi connectivity index (χ0n) is 10.2. The Bertz CT molecular complexity index is 659. The number of benzene rings is 2. The lowest BCUT2D eigenvalue weighted by atomic mass is 10.2. The first-order valence-corrected chi connectivity index (χ1v) is 6.38. The van der Waals surface area contributed by atoms with Gasteiger partial charge in [0.2, 0.25) is 5.75 Å². The summed E-state index contributed by atoms with van der Waals surface area (Å²) in [6.45, 7) is 0. The van der Waals surface area contributed by atoms with Gasteiger partial charge >= 0.3 is 5.69 Å². The van der Waals surface area contributed by atoms with Crippen molar-refractivity contribution in [3.63, 3.8) is 0 Å². The highest BCUT2D eigenvalue weighted by molar-refractivity contribution is 9.10. The van der Waals surface area contributed by atoms with E-state index in [9.17, 15) is 15.2 Å². The number of para-hydroxylation sites is 1. The average Bonchev–Trinajstić information content (AvgIpc) is 2.43. The van der Waals surface area contributed by atoms with Gasteiger partial charge in [-0.05, 0) is 18.2 Å². The molecule has 102 valence electrons. The Kier molecular flexibility index (Phi) is 4.31. The lowest BCUT2D eigenvalue weighted by molar-refractivity contribution is -0.385. The summed E-state index contributed by atoms with van der Waals surface area (Å²) in [5.41, 5.74) is 3.40. The van der Waals surface area contributed by atoms with Crippen molar-refractivity contribution in [1.82, 2.24) is 0 Å². The van der Waals surface area contributed by atoms with Crippen molar-refractivity contribution in [2.24, 2.45) is 5.10 Å². The van der Waals surface area contributed by atoms with Crippen LogP contribution < -0.4 is 5.43 Å². The molecule has 0 unspecified atom stereocenters. The van der Waals surface area contributed by atoms with E-state index in [2.05, 4.69) is 26.5 Å². The summed E-state index contributed by atoms with van der Waals surface area (Å²) in [6, 6.07) is 12.0. The van der Waals surface area contributed by atoms with Gasteiger partial charge in [0.25, 0.3) is 0 Å². The normalized spacial score (nSPS) is 10.7. The first kappa shape index (κ1) is 14.0. The number of aromatic hydroxyl groups is 1. The second-order valence-corrected chi connectivity index (χ2v) is 4.77.